The van der Waals surface area contributed by atoms with Crippen molar-refractivity contribution >= 4 is 15.9 Å². The molecular weight excluding hydrogens is 317 g/mol. The highest BCUT2D eigenvalue weighted by Gasteiger charge is 2.27. The van der Waals surface area contributed by atoms with Crippen LogP contribution < -0.4 is 5.32 Å². The molecule has 112 valence electrons. The zero-order valence-electron chi connectivity index (χ0n) is 12.5. The molecular formula is C17H25BrFN. The number of nitrogens with one attached hydrogen (secondary N) is 1. The zero-order valence-corrected chi connectivity index (χ0v) is 14.0. The van der Waals surface area contributed by atoms with Gasteiger partial charge in [-0.3, -0.25) is 0 Å². The second-order valence-electron chi connectivity index (χ2n) is 6.13. The molecule has 0 spiro atoms. The Hall–Kier alpha value is -0.410. The average Bonchev–Trinajstić information content (AvgIpc) is 2.45. The van der Waals surface area contributed by atoms with Crippen molar-refractivity contribution in [3.05, 3.63) is 34.1 Å². The van der Waals surface area contributed by atoms with Crippen molar-refractivity contribution in [1.29, 1.82) is 0 Å². The van der Waals surface area contributed by atoms with Gasteiger partial charge in [-0.15, -0.1) is 0 Å². The van der Waals surface area contributed by atoms with E-state index in [1.54, 1.807) is 6.07 Å². The molecule has 1 aromatic carbocycles. The third-order valence-electron chi connectivity index (χ3n) is 4.45. The summed E-state index contributed by atoms with van der Waals surface area (Å²) in [6.07, 6.45) is 6.21. The van der Waals surface area contributed by atoms with Crippen LogP contribution in [0.4, 0.5) is 4.39 Å². The number of halogens is 2. The first-order chi connectivity index (χ1) is 9.61. The Morgan fingerprint density at radius 3 is 2.60 bits per heavy atom. The van der Waals surface area contributed by atoms with Gasteiger partial charge in [0, 0.05) is 6.04 Å². The summed E-state index contributed by atoms with van der Waals surface area (Å²) in [5.41, 5.74) is 1.10. The molecule has 1 nitrogen and oxygen atoms in total. The number of hydrogen-bond acceptors (Lipinski definition) is 1. The molecule has 0 amide bonds. The smallest absolute Gasteiger partial charge is 0.137 e. The summed E-state index contributed by atoms with van der Waals surface area (Å²) in [6.45, 7) is 5.51. The van der Waals surface area contributed by atoms with Gasteiger partial charge in [0.15, 0.2) is 0 Å². The van der Waals surface area contributed by atoms with E-state index < -0.39 is 0 Å². The van der Waals surface area contributed by atoms with Crippen molar-refractivity contribution in [2.75, 3.05) is 6.54 Å². The molecule has 3 heteroatoms. The normalized spacial score (nSPS) is 24.6. The summed E-state index contributed by atoms with van der Waals surface area (Å²) in [5, 5.41) is 3.63. The van der Waals surface area contributed by atoms with E-state index in [1.165, 1.54) is 25.7 Å². The quantitative estimate of drug-likeness (QED) is 0.750. The van der Waals surface area contributed by atoms with Gasteiger partial charge in [-0.25, -0.2) is 4.39 Å². The lowest BCUT2D eigenvalue weighted by molar-refractivity contribution is 0.231. The molecule has 1 unspecified atom stereocenters. The predicted octanol–water partition coefficient (Wildman–Crippen LogP) is 5.46. The molecule has 1 aliphatic carbocycles. The number of rotatable bonds is 5. The first kappa shape index (κ1) is 16.0. The molecule has 1 aliphatic rings. The standard InChI is InChI=1S/C17H25BrFN/c1-3-10-20-17(13-6-4-12(2)5-7-13)14-8-9-15(18)16(19)11-14/h8-9,11-13,17,20H,3-7,10H2,1-2H3. The third kappa shape index (κ3) is 4.05. The highest BCUT2D eigenvalue weighted by molar-refractivity contribution is 9.10. The van der Waals surface area contributed by atoms with Crippen LogP contribution in [0.5, 0.6) is 0 Å². The summed E-state index contributed by atoms with van der Waals surface area (Å²) in [7, 11) is 0. The van der Waals surface area contributed by atoms with Crippen LogP contribution in [-0.2, 0) is 0 Å². The van der Waals surface area contributed by atoms with Crippen molar-refractivity contribution in [1.82, 2.24) is 5.32 Å². The molecule has 1 aromatic rings. The fraction of sp³-hybridized carbons (Fsp3) is 0.647. The second-order valence-corrected chi connectivity index (χ2v) is 6.98. The average molecular weight is 342 g/mol. The highest BCUT2D eigenvalue weighted by Crippen LogP contribution is 2.37. The van der Waals surface area contributed by atoms with Crippen LogP contribution in [0.1, 0.15) is 57.6 Å². The fourth-order valence-corrected chi connectivity index (χ4v) is 3.43. The van der Waals surface area contributed by atoms with Crippen LogP contribution in [0.25, 0.3) is 0 Å². The van der Waals surface area contributed by atoms with E-state index in [1.807, 2.05) is 6.07 Å². The maximum absolute atomic E-state index is 13.8. The van der Waals surface area contributed by atoms with Crippen molar-refractivity contribution in [2.45, 2.75) is 52.0 Å². The highest BCUT2D eigenvalue weighted by atomic mass is 79.9. The van der Waals surface area contributed by atoms with Crippen molar-refractivity contribution in [3.8, 4) is 0 Å². The lowest BCUT2D eigenvalue weighted by atomic mass is 9.77. The van der Waals surface area contributed by atoms with E-state index in [0.717, 1.165) is 24.4 Å². The largest absolute Gasteiger partial charge is 0.310 e. The van der Waals surface area contributed by atoms with Gasteiger partial charge in [-0.05, 0) is 71.3 Å². The van der Waals surface area contributed by atoms with Gasteiger partial charge in [0.05, 0.1) is 4.47 Å². The topological polar surface area (TPSA) is 12.0 Å². The molecule has 0 aliphatic heterocycles. The van der Waals surface area contributed by atoms with Gasteiger partial charge in [0.25, 0.3) is 0 Å². The van der Waals surface area contributed by atoms with E-state index in [2.05, 4.69) is 41.2 Å². The molecule has 0 saturated heterocycles. The molecule has 1 saturated carbocycles. The Kier molecular flexibility index (Phi) is 6.03. The molecule has 1 fully saturated rings. The van der Waals surface area contributed by atoms with Gasteiger partial charge >= 0.3 is 0 Å². The minimum Gasteiger partial charge on any atom is -0.310 e. The number of hydrogen-bond donors (Lipinski definition) is 1. The van der Waals surface area contributed by atoms with Gasteiger partial charge in [-0.1, -0.05) is 32.8 Å². The Morgan fingerprint density at radius 2 is 2.00 bits per heavy atom. The molecule has 1 atom stereocenters. The predicted molar refractivity (Wildman–Crippen MR) is 86.3 cm³/mol. The fourth-order valence-electron chi connectivity index (χ4n) is 3.18. The molecule has 1 N–H and O–H groups in total. The molecule has 0 radical (unpaired) electrons. The summed E-state index contributed by atoms with van der Waals surface area (Å²) in [6, 6.07) is 5.87. The third-order valence-corrected chi connectivity index (χ3v) is 5.09. The molecule has 0 bridgehead atoms. The lowest BCUT2D eigenvalue weighted by Crippen LogP contribution is -2.31. The van der Waals surface area contributed by atoms with E-state index in [9.17, 15) is 4.39 Å². The van der Waals surface area contributed by atoms with Crippen molar-refractivity contribution in [3.63, 3.8) is 0 Å². The Labute approximate surface area is 130 Å². The molecule has 20 heavy (non-hydrogen) atoms. The van der Waals surface area contributed by atoms with Crippen molar-refractivity contribution in [2.24, 2.45) is 11.8 Å². The maximum atomic E-state index is 13.8. The summed E-state index contributed by atoms with van der Waals surface area (Å²) < 4.78 is 14.4. The molecule has 0 aromatic heterocycles. The van der Waals surface area contributed by atoms with Gasteiger partial charge < -0.3 is 5.32 Å². The first-order valence-corrected chi connectivity index (χ1v) is 8.59. The zero-order chi connectivity index (χ0) is 14.5. The monoisotopic (exact) mass is 341 g/mol. The van der Waals surface area contributed by atoms with Crippen LogP contribution in [0, 0.1) is 17.7 Å². The minimum atomic E-state index is -0.157. The summed E-state index contributed by atoms with van der Waals surface area (Å²) in [5.74, 6) is 1.33. The number of benzene rings is 1. The van der Waals surface area contributed by atoms with Crippen LogP contribution in [0.3, 0.4) is 0 Å². The van der Waals surface area contributed by atoms with Crippen LogP contribution in [0.15, 0.2) is 22.7 Å². The van der Waals surface area contributed by atoms with E-state index in [0.29, 0.717) is 16.4 Å². The first-order valence-electron chi connectivity index (χ1n) is 7.80. The van der Waals surface area contributed by atoms with Crippen LogP contribution in [0.2, 0.25) is 0 Å². The maximum Gasteiger partial charge on any atom is 0.137 e. The van der Waals surface area contributed by atoms with Crippen molar-refractivity contribution < 1.29 is 4.39 Å². The lowest BCUT2D eigenvalue weighted by Gasteiger charge is -2.34. The summed E-state index contributed by atoms with van der Waals surface area (Å²) >= 11 is 3.24. The van der Waals surface area contributed by atoms with E-state index in [4.69, 9.17) is 0 Å². The van der Waals surface area contributed by atoms with Crippen LogP contribution in [-0.4, -0.2) is 6.54 Å². The van der Waals surface area contributed by atoms with Gasteiger partial charge in [0.1, 0.15) is 5.82 Å². The van der Waals surface area contributed by atoms with Gasteiger partial charge in [0.2, 0.25) is 0 Å². The minimum absolute atomic E-state index is 0.157. The molecule has 2 rings (SSSR count). The van der Waals surface area contributed by atoms with Gasteiger partial charge in [-0.2, -0.15) is 0 Å². The second kappa shape index (κ2) is 7.56. The Bertz CT molecular complexity index is 427. The Morgan fingerprint density at radius 1 is 1.30 bits per heavy atom. The SMILES string of the molecule is CCCNC(c1ccc(Br)c(F)c1)C1CCC(C)CC1. The summed E-state index contributed by atoms with van der Waals surface area (Å²) in [4.78, 5) is 0. The van der Waals surface area contributed by atoms with E-state index >= 15 is 0 Å². The van der Waals surface area contributed by atoms with E-state index in [-0.39, 0.29) is 5.82 Å². The Balaban J connectivity index is 2.15. The molecule has 0 heterocycles. The van der Waals surface area contributed by atoms with Crippen LogP contribution >= 0.6 is 15.9 Å².